The number of rotatable bonds is 1. The average Bonchev–Trinajstić information content (AvgIpc) is 2.67. The second-order valence-electron chi connectivity index (χ2n) is 3.21. The molecular weight excluding hydrogens is 222 g/mol. The quantitative estimate of drug-likeness (QED) is 0.717. The van der Waals surface area contributed by atoms with Gasteiger partial charge in [-0.15, -0.1) is 0 Å². The van der Waals surface area contributed by atoms with Crippen molar-refractivity contribution in [1.82, 2.24) is 9.55 Å². The molecule has 1 aromatic heterocycles. The Balaban J connectivity index is 0. The van der Waals surface area contributed by atoms with E-state index < -0.39 is 0 Å². The summed E-state index contributed by atoms with van der Waals surface area (Å²) >= 11 is 0. The smallest absolute Gasteiger partial charge is 0.154 e. The first-order chi connectivity index (χ1) is 8.38. The minimum absolute atomic E-state index is 0. The second kappa shape index (κ2) is 12.1. The van der Waals surface area contributed by atoms with Crippen molar-refractivity contribution in [2.45, 2.75) is 54.4 Å². The minimum Gasteiger partial charge on any atom is -0.333 e. The van der Waals surface area contributed by atoms with Crippen molar-refractivity contribution in [2.24, 2.45) is 12.0 Å². The zero-order chi connectivity index (χ0) is 13.1. The van der Waals surface area contributed by atoms with Gasteiger partial charge in [-0.05, 0) is 19.3 Å². The van der Waals surface area contributed by atoms with Gasteiger partial charge in [0.15, 0.2) is 5.82 Å². The first-order valence-corrected chi connectivity index (χ1v) is 6.57. The van der Waals surface area contributed by atoms with Crippen molar-refractivity contribution in [3.8, 4) is 0 Å². The SMILES string of the molecule is C.CC.CC.Cn1ccnc1C1=NC=CCCC1. The first-order valence-electron chi connectivity index (χ1n) is 6.57. The van der Waals surface area contributed by atoms with E-state index in [9.17, 15) is 0 Å². The zero-order valence-electron chi connectivity index (χ0n) is 11.8. The maximum atomic E-state index is 4.38. The molecule has 1 aliphatic rings. The summed E-state index contributed by atoms with van der Waals surface area (Å²) in [4.78, 5) is 8.66. The molecule has 0 aliphatic carbocycles. The molecular formula is C15H29N3. The Labute approximate surface area is 113 Å². The predicted molar refractivity (Wildman–Crippen MR) is 82.2 cm³/mol. The molecule has 2 heterocycles. The van der Waals surface area contributed by atoms with Gasteiger partial charge in [0.05, 0.1) is 5.71 Å². The molecule has 1 aromatic rings. The Morgan fingerprint density at radius 1 is 1.17 bits per heavy atom. The van der Waals surface area contributed by atoms with Gasteiger partial charge in [-0.3, -0.25) is 4.99 Å². The van der Waals surface area contributed by atoms with Gasteiger partial charge in [-0.1, -0.05) is 41.2 Å². The Morgan fingerprint density at radius 3 is 2.39 bits per heavy atom. The molecule has 0 fully saturated rings. The van der Waals surface area contributed by atoms with Crippen molar-refractivity contribution in [2.75, 3.05) is 0 Å². The molecule has 3 heteroatoms. The van der Waals surface area contributed by atoms with Crippen molar-refractivity contribution >= 4 is 5.71 Å². The van der Waals surface area contributed by atoms with Crippen LogP contribution in [0.5, 0.6) is 0 Å². The Kier molecular flexibility index (Phi) is 12.7. The maximum Gasteiger partial charge on any atom is 0.154 e. The number of nitrogens with zero attached hydrogens (tertiary/aromatic N) is 3. The number of allylic oxidation sites excluding steroid dienone is 1. The molecule has 0 bridgehead atoms. The lowest BCUT2D eigenvalue weighted by Crippen LogP contribution is -2.07. The molecule has 0 unspecified atom stereocenters. The lowest BCUT2D eigenvalue weighted by molar-refractivity contribution is 0.862. The summed E-state index contributed by atoms with van der Waals surface area (Å²) in [5.41, 5.74) is 1.10. The summed E-state index contributed by atoms with van der Waals surface area (Å²) in [6, 6.07) is 0. The normalized spacial score (nSPS) is 12.8. The van der Waals surface area contributed by atoms with E-state index >= 15 is 0 Å². The average molecular weight is 251 g/mol. The van der Waals surface area contributed by atoms with Crippen LogP contribution in [0.15, 0.2) is 29.7 Å². The summed E-state index contributed by atoms with van der Waals surface area (Å²) in [5.74, 6) is 0.992. The Hall–Kier alpha value is -1.38. The minimum atomic E-state index is 0. The lowest BCUT2D eigenvalue weighted by Gasteiger charge is -2.02. The van der Waals surface area contributed by atoms with Gasteiger partial charge in [-0.2, -0.15) is 0 Å². The zero-order valence-corrected chi connectivity index (χ0v) is 11.8. The molecule has 3 nitrogen and oxygen atoms in total. The highest BCUT2D eigenvalue weighted by Gasteiger charge is 2.08. The Morgan fingerprint density at radius 2 is 1.83 bits per heavy atom. The molecule has 0 spiro atoms. The van der Waals surface area contributed by atoms with E-state index in [0.717, 1.165) is 24.4 Å². The molecule has 0 amide bonds. The van der Waals surface area contributed by atoms with Crippen LogP contribution in [-0.2, 0) is 7.05 Å². The van der Waals surface area contributed by atoms with Crippen molar-refractivity contribution in [1.29, 1.82) is 0 Å². The van der Waals surface area contributed by atoms with E-state index in [2.05, 4.69) is 16.1 Å². The van der Waals surface area contributed by atoms with Crippen molar-refractivity contribution < 1.29 is 0 Å². The molecule has 0 saturated carbocycles. The van der Waals surface area contributed by atoms with Crippen LogP contribution in [0.25, 0.3) is 0 Å². The van der Waals surface area contributed by atoms with E-state index in [-0.39, 0.29) is 7.43 Å². The maximum absolute atomic E-state index is 4.38. The third kappa shape index (κ3) is 5.80. The molecule has 0 saturated heterocycles. The van der Waals surface area contributed by atoms with Gasteiger partial charge in [0.25, 0.3) is 0 Å². The van der Waals surface area contributed by atoms with Gasteiger partial charge in [0.2, 0.25) is 0 Å². The van der Waals surface area contributed by atoms with E-state index in [1.807, 2.05) is 57.9 Å². The van der Waals surface area contributed by atoms with Gasteiger partial charge in [0.1, 0.15) is 0 Å². The molecule has 0 radical (unpaired) electrons. The van der Waals surface area contributed by atoms with Crippen molar-refractivity contribution in [3.63, 3.8) is 0 Å². The fourth-order valence-electron chi connectivity index (χ4n) is 1.48. The van der Waals surface area contributed by atoms with E-state index in [0.29, 0.717) is 0 Å². The molecule has 2 rings (SSSR count). The molecule has 18 heavy (non-hydrogen) atoms. The van der Waals surface area contributed by atoms with Gasteiger partial charge < -0.3 is 4.57 Å². The topological polar surface area (TPSA) is 30.2 Å². The van der Waals surface area contributed by atoms with Gasteiger partial charge >= 0.3 is 0 Å². The standard InChI is InChI=1S/C10H13N3.2C2H6.CH4/c1-13-8-7-12-10(13)9-5-3-2-4-6-11-9;2*1-2;/h4,6-8H,2-3,5H2,1H3;2*1-2H3;1H4. The third-order valence-electron chi connectivity index (χ3n) is 2.20. The van der Waals surface area contributed by atoms with Crippen LogP contribution in [0.4, 0.5) is 0 Å². The monoisotopic (exact) mass is 251 g/mol. The Bertz CT molecular complexity index is 348. The molecule has 0 N–H and O–H groups in total. The fraction of sp³-hybridized carbons (Fsp3) is 0.600. The van der Waals surface area contributed by atoms with Crippen LogP contribution in [0.2, 0.25) is 0 Å². The largest absolute Gasteiger partial charge is 0.333 e. The first kappa shape index (κ1) is 19.0. The third-order valence-corrected chi connectivity index (χ3v) is 2.20. The summed E-state index contributed by atoms with van der Waals surface area (Å²) in [5, 5.41) is 0. The van der Waals surface area contributed by atoms with Gasteiger partial charge in [-0.25, -0.2) is 4.98 Å². The summed E-state index contributed by atoms with van der Waals surface area (Å²) < 4.78 is 2.01. The molecule has 0 aromatic carbocycles. The number of aliphatic imine (C=N–C) groups is 1. The second-order valence-corrected chi connectivity index (χ2v) is 3.21. The predicted octanol–water partition coefficient (Wildman–Crippen LogP) is 4.60. The number of aromatic nitrogens is 2. The van der Waals surface area contributed by atoms with Crippen LogP contribution in [0, 0.1) is 0 Å². The van der Waals surface area contributed by atoms with Gasteiger partial charge in [0, 0.05) is 25.6 Å². The molecule has 1 aliphatic heterocycles. The van der Waals surface area contributed by atoms with Crippen LogP contribution < -0.4 is 0 Å². The van der Waals surface area contributed by atoms with E-state index in [1.54, 1.807) is 0 Å². The van der Waals surface area contributed by atoms with Crippen LogP contribution in [0.1, 0.15) is 60.2 Å². The lowest BCUT2D eigenvalue weighted by atomic mass is 10.1. The van der Waals surface area contributed by atoms with E-state index in [1.165, 1.54) is 6.42 Å². The molecule has 0 atom stereocenters. The number of imidazole rings is 1. The van der Waals surface area contributed by atoms with E-state index in [4.69, 9.17) is 0 Å². The molecule has 104 valence electrons. The summed E-state index contributed by atoms with van der Waals surface area (Å²) in [6.45, 7) is 8.00. The van der Waals surface area contributed by atoms with Crippen LogP contribution in [0.3, 0.4) is 0 Å². The van der Waals surface area contributed by atoms with Crippen LogP contribution in [-0.4, -0.2) is 15.3 Å². The summed E-state index contributed by atoms with van der Waals surface area (Å²) in [7, 11) is 2.00. The highest BCUT2D eigenvalue weighted by Crippen LogP contribution is 2.10. The summed E-state index contributed by atoms with van der Waals surface area (Å²) in [6.07, 6.45) is 11.1. The van der Waals surface area contributed by atoms with Crippen LogP contribution >= 0.6 is 0 Å². The van der Waals surface area contributed by atoms with Crippen molar-refractivity contribution in [3.05, 3.63) is 30.5 Å². The number of aryl methyl sites for hydroxylation is 1. The fourth-order valence-corrected chi connectivity index (χ4v) is 1.48. The number of hydrogen-bond donors (Lipinski definition) is 0. The highest BCUT2D eigenvalue weighted by molar-refractivity contribution is 5.98. The number of hydrogen-bond acceptors (Lipinski definition) is 2. The highest BCUT2D eigenvalue weighted by atomic mass is 15.0.